The SMILES string of the molecule is CN1CCN(C(=O)c2cnn3c2C[C@H](CN)CC3)CC1. The minimum Gasteiger partial charge on any atom is -0.336 e. The summed E-state index contributed by atoms with van der Waals surface area (Å²) in [6.45, 7) is 5.07. The zero-order valence-corrected chi connectivity index (χ0v) is 12.1. The summed E-state index contributed by atoms with van der Waals surface area (Å²) >= 11 is 0. The lowest BCUT2D eigenvalue weighted by atomic mass is 9.94. The van der Waals surface area contributed by atoms with Crippen LogP contribution in [-0.4, -0.2) is 65.3 Å². The van der Waals surface area contributed by atoms with Crippen LogP contribution in [0.1, 0.15) is 22.5 Å². The molecule has 0 spiro atoms. The normalized spacial score (nSPS) is 23.7. The lowest BCUT2D eigenvalue weighted by Crippen LogP contribution is -2.47. The molecule has 0 bridgehead atoms. The second kappa shape index (κ2) is 5.54. The Hall–Kier alpha value is -1.40. The summed E-state index contributed by atoms with van der Waals surface area (Å²) in [4.78, 5) is 16.9. The fourth-order valence-electron chi connectivity index (χ4n) is 3.06. The maximum atomic E-state index is 12.7. The van der Waals surface area contributed by atoms with E-state index < -0.39 is 0 Å². The van der Waals surface area contributed by atoms with Crippen molar-refractivity contribution in [3.8, 4) is 0 Å². The molecule has 1 atom stereocenters. The van der Waals surface area contributed by atoms with Gasteiger partial charge in [-0.05, 0) is 32.4 Å². The van der Waals surface area contributed by atoms with Crippen LogP contribution in [0.4, 0.5) is 0 Å². The summed E-state index contributed by atoms with van der Waals surface area (Å²) in [7, 11) is 2.09. The Morgan fingerprint density at radius 3 is 2.80 bits per heavy atom. The molecule has 20 heavy (non-hydrogen) atoms. The molecule has 0 unspecified atom stereocenters. The van der Waals surface area contributed by atoms with Gasteiger partial charge in [-0.2, -0.15) is 5.10 Å². The summed E-state index contributed by atoms with van der Waals surface area (Å²) < 4.78 is 1.98. The minimum absolute atomic E-state index is 0.136. The van der Waals surface area contributed by atoms with E-state index in [1.165, 1.54) is 0 Å². The minimum atomic E-state index is 0.136. The highest BCUT2D eigenvalue weighted by atomic mass is 16.2. The zero-order valence-electron chi connectivity index (χ0n) is 12.1. The first-order valence-corrected chi connectivity index (χ1v) is 7.41. The monoisotopic (exact) mass is 277 g/mol. The summed E-state index contributed by atoms with van der Waals surface area (Å²) in [6.07, 6.45) is 3.69. The van der Waals surface area contributed by atoms with E-state index in [-0.39, 0.29) is 5.91 Å². The Morgan fingerprint density at radius 1 is 1.35 bits per heavy atom. The molecule has 2 N–H and O–H groups in total. The van der Waals surface area contributed by atoms with E-state index in [2.05, 4.69) is 17.0 Å². The fraction of sp³-hybridized carbons (Fsp3) is 0.714. The number of likely N-dealkylation sites (N-methyl/N-ethyl adjacent to an activating group) is 1. The number of nitrogens with two attached hydrogens (primary N) is 1. The zero-order chi connectivity index (χ0) is 14.1. The van der Waals surface area contributed by atoms with Crippen LogP contribution in [0.5, 0.6) is 0 Å². The van der Waals surface area contributed by atoms with Gasteiger partial charge in [-0.3, -0.25) is 9.48 Å². The van der Waals surface area contributed by atoms with Crippen molar-refractivity contribution < 1.29 is 4.79 Å². The van der Waals surface area contributed by atoms with E-state index in [9.17, 15) is 4.79 Å². The van der Waals surface area contributed by atoms with Crippen LogP contribution in [0.3, 0.4) is 0 Å². The maximum Gasteiger partial charge on any atom is 0.257 e. The van der Waals surface area contributed by atoms with Gasteiger partial charge in [0.05, 0.1) is 17.5 Å². The van der Waals surface area contributed by atoms with Crippen molar-refractivity contribution in [2.24, 2.45) is 11.7 Å². The molecule has 6 nitrogen and oxygen atoms in total. The molecule has 1 fully saturated rings. The van der Waals surface area contributed by atoms with Crippen molar-refractivity contribution in [1.82, 2.24) is 19.6 Å². The van der Waals surface area contributed by atoms with Crippen LogP contribution in [0.25, 0.3) is 0 Å². The standard InChI is InChI=1S/C14H23N5O/c1-17-4-6-18(7-5-17)14(20)12-10-16-19-3-2-11(9-15)8-13(12)19/h10-11H,2-9,15H2,1H3/t11-/m1/s1. The van der Waals surface area contributed by atoms with E-state index in [4.69, 9.17) is 5.73 Å². The van der Waals surface area contributed by atoms with Gasteiger partial charge in [0, 0.05) is 32.7 Å². The molecule has 0 aliphatic carbocycles. The van der Waals surface area contributed by atoms with Gasteiger partial charge in [0.1, 0.15) is 0 Å². The average Bonchev–Trinajstić information content (AvgIpc) is 2.90. The van der Waals surface area contributed by atoms with E-state index >= 15 is 0 Å². The first kappa shape index (κ1) is 13.6. The highest BCUT2D eigenvalue weighted by Crippen LogP contribution is 2.23. The third-order valence-electron chi connectivity index (χ3n) is 4.53. The summed E-state index contributed by atoms with van der Waals surface area (Å²) in [6, 6.07) is 0. The van der Waals surface area contributed by atoms with Crippen LogP contribution in [0.2, 0.25) is 0 Å². The Morgan fingerprint density at radius 2 is 2.10 bits per heavy atom. The molecule has 0 aromatic carbocycles. The van der Waals surface area contributed by atoms with Crippen LogP contribution in [0.15, 0.2) is 6.20 Å². The van der Waals surface area contributed by atoms with Gasteiger partial charge in [0.15, 0.2) is 0 Å². The molecule has 0 radical (unpaired) electrons. The summed E-state index contributed by atoms with van der Waals surface area (Å²) in [5, 5.41) is 4.37. The van der Waals surface area contributed by atoms with Crippen LogP contribution in [-0.2, 0) is 13.0 Å². The number of aryl methyl sites for hydroxylation is 1. The molecule has 110 valence electrons. The Kier molecular flexibility index (Phi) is 3.76. The van der Waals surface area contributed by atoms with Gasteiger partial charge in [0.2, 0.25) is 0 Å². The molecular weight excluding hydrogens is 254 g/mol. The number of hydrogen-bond acceptors (Lipinski definition) is 4. The number of rotatable bonds is 2. The largest absolute Gasteiger partial charge is 0.336 e. The number of aromatic nitrogens is 2. The summed E-state index contributed by atoms with van der Waals surface area (Å²) in [5.41, 5.74) is 7.65. The number of hydrogen-bond donors (Lipinski definition) is 1. The van der Waals surface area contributed by atoms with Crippen LogP contribution in [0, 0.1) is 5.92 Å². The van der Waals surface area contributed by atoms with Gasteiger partial charge in [-0.1, -0.05) is 0 Å². The third-order valence-corrected chi connectivity index (χ3v) is 4.53. The Labute approximate surface area is 119 Å². The molecule has 1 aromatic heterocycles. The van der Waals surface area contributed by atoms with Crippen molar-refractivity contribution in [2.45, 2.75) is 19.4 Å². The molecule has 3 heterocycles. The van der Waals surface area contributed by atoms with Crippen molar-refractivity contribution in [1.29, 1.82) is 0 Å². The third kappa shape index (κ3) is 2.45. The summed E-state index contributed by atoms with van der Waals surface area (Å²) in [5.74, 6) is 0.621. The molecule has 2 aliphatic rings. The molecule has 3 rings (SSSR count). The molecule has 1 aromatic rings. The first-order chi connectivity index (χ1) is 9.69. The predicted molar refractivity (Wildman–Crippen MR) is 76.5 cm³/mol. The topological polar surface area (TPSA) is 67.4 Å². The van der Waals surface area contributed by atoms with Gasteiger partial charge < -0.3 is 15.5 Å². The second-order valence-electron chi connectivity index (χ2n) is 5.92. The Balaban J connectivity index is 1.77. The lowest BCUT2D eigenvalue weighted by molar-refractivity contribution is 0.0662. The molecule has 6 heteroatoms. The number of amides is 1. The lowest BCUT2D eigenvalue weighted by Gasteiger charge is -2.32. The van der Waals surface area contributed by atoms with Crippen molar-refractivity contribution in [3.05, 3.63) is 17.5 Å². The highest BCUT2D eigenvalue weighted by molar-refractivity contribution is 5.95. The Bertz CT molecular complexity index is 490. The fourth-order valence-corrected chi connectivity index (χ4v) is 3.06. The van der Waals surface area contributed by atoms with Gasteiger partial charge in [-0.15, -0.1) is 0 Å². The second-order valence-corrected chi connectivity index (χ2v) is 5.92. The number of nitrogens with zero attached hydrogens (tertiary/aromatic N) is 4. The molecule has 0 saturated carbocycles. The molecule has 1 saturated heterocycles. The van der Waals surface area contributed by atoms with Gasteiger partial charge >= 0.3 is 0 Å². The number of carbonyl (C=O) groups is 1. The molecule has 1 amide bonds. The van der Waals surface area contributed by atoms with E-state index in [0.29, 0.717) is 12.5 Å². The van der Waals surface area contributed by atoms with E-state index in [0.717, 1.165) is 56.8 Å². The van der Waals surface area contributed by atoms with Gasteiger partial charge in [0.25, 0.3) is 5.91 Å². The van der Waals surface area contributed by atoms with Crippen molar-refractivity contribution in [2.75, 3.05) is 39.8 Å². The van der Waals surface area contributed by atoms with Crippen molar-refractivity contribution in [3.63, 3.8) is 0 Å². The van der Waals surface area contributed by atoms with Crippen LogP contribution < -0.4 is 5.73 Å². The molecular formula is C14H23N5O. The van der Waals surface area contributed by atoms with Crippen LogP contribution >= 0.6 is 0 Å². The smallest absolute Gasteiger partial charge is 0.257 e. The predicted octanol–water partition coefficient (Wildman–Crippen LogP) is -0.208. The quantitative estimate of drug-likeness (QED) is 0.812. The van der Waals surface area contributed by atoms with Crippen molar-refractivity contribution >= 4 is 5.91 Å². The van der Waals surface area contributed by atoms with E-state index in [1.54, 1.807) is 6.20 Å². The number of piperazine rings is 1. The first-order valence-electron chi connectivity index (χ1n) is 7.41. The number of carbonyl (C=O) groups excluding carboxylic acids is 1. The van der Waals surface area contributed by atoms with Gasteiger partial charge in [-0.25, -0.2) is 0 Å². The van der Waals surface area contributed by atoms with E-state index in [1.807, 2.05) is 9.58 Å². The average molecular weight is 277 g/mol. The highest BCUT2D eigenvalue weighted by Gasteiger charge is 2.28. The number of fused-ring (bicyclic) bond motifs is 1. The molecule has 2 aliphatic heterocycles. The maximum absolute atomic E-state index is 12.7.